The van der Waals surface area contributed by atoms with Crippen molar-refractivity contribution in [1.29, 1.82) is 0 Å². The molecule has 0 N–H and O–H groups in total. The van der Waals surface area contributed by atoms with Gasteiger partial charge in [-0.1, -0.05) is 18.6 Å². The molecule has 1 aliphatic carbocycles. The van der Waals surface area contributed by atoms with Gasteiger partial charge in [-0.2, -0.15) is 0 Å². The third kappa shape index (κ3) is 3.49. The van der Waals surface area contributed by atoms with E-state index >= 15 is 0 Å². The van der Waals surface area contributed by atoms with Gasteiger partial charge < -0.3 is 9.47 Å². The van der Waals surface area contributed by atoms with Crippen molar-refractivity contribution < 1.29 is 14.3 Å². The Morgan fingerprint density at radius 3 is 2.63 bits per heavy atom. The molecule has 0 aromatic heterocycles. The normalized spacial score (nSPS) is 22.8. The predicted octanol–water partition coefficient (Wildman–Crippen LogP) is 3.53. The molecular weight excluding hydrogens is 240 g/mol. The zero-order chi connectivity index (χ0) is 13.7. The third-order valence-corrected chi connectivity index (χ3v) is 3.88. The van der Waals surface area contributed by atoms with E-state index in [1.54, 1.807) is 7.11 Å². The van der Waals surface area contributed by atoms with E-state index in [1.165, 1.54) is 5.56 Å². The molecule has 0 heterocycles. The second-order valence-corrected chi connectivity index (χ2v) is 5.09. The van der Waals surface area contributed by atoms with E-state index in [1.807, 2.05) is 19.1 Å². The molecule has 104 valence electrons. The van der Waals surface area contributed by atoms with Crippen molar-refractivity contribution in [2.24, 2.45) is 5.92 Å². The highest BCUT2D eigenvalue weighted by molar-refractivity contribution is 5.72. The summed E-state index contributed by atoms with van der Waals surface area (Å²) >= 11 is 0. The van der Waals surface area contributed by atoms with Gasteiger partial charge >= 0.3 is 5.97 Å². The van der Waals surface area contributed by atoms with Crippen molar-refractivity contribution in [3.63, 3.8) is 0 Å². The SMILES string of the molecule is CCOC(=O)C1CCCC(c2ccc(OC)cc2)C1. The molecule has 0 amide bonds. The van der Waals surface area contributed by atoms with Crippen LogP contribution in [0.3, 0.4) is 0 Å². The first kappa shape index (κ1) is 13.9. The fourth-order valence-electron chi connectivity index (χ4n) is 2.84. The van der Waals surface area contributed by atoms with Gasteiger partial charge in [-0.05, 0) is 49.8 Å². The highest BCUT2D eigenvalue weighted by Crippen LogP contribution is 2.37. The maximum absolute atomic E-state index is 11.8. The topological polar surface area (TPSA) is 35.5 Å². The smallest absolute Gasteiger partial charge is 0.308 e. The average Bonchev–Trinajstić information content (AvgIpc) is 2.48. The number of carbonyl (C=O) groups excluding carboxylic acids is 1. The zero-order valence-corrected chi connectivity index (χ0v) is 11.7. The van der Waals surface area contributed by atoms with Crippen LogP contribution in [0.4, 0.5) is 0 Å². The number of benzene rings is 1. The zero-order valence-electron chi connectivity index (χ0n) is 11.7. The van der Waals surface area contributed by atoms with Gasteiger partial charge in [0.25, 0.3) is 0 Å². The molecule has 1 saturated carbocycles. The van der Waals surface area contributed by atoms with Crippen LogP contribution in [0.15, 0.2) is 24.3 Å². The lowest BCUT2D eigenvalue weighted by molar-refractivity contribution is -0.149. The summed E-state index contributed by atoms with van der Waals surface area (Å²) in [5.74, 6) is 1.39. The second-order valence-electron chi connectivity index (χ2n) is 5.09. The Bertz CT molecular complexity index is 411. The molecule has 0 bridgehead atoms. The molecule has 2 unspecified atom stereocenters. The quantitative estimate of drug-likeness (QED) is 0.779. The summed E-state index contributed by atoms with van der Waals surface area (Å²) in [6.45, 7) is 2.34. The Morgan fingerprint density at radius 2 is 2.00 bits per heavy atom. The van der Waals surface area contributed by atoms with E-state index in [2.05, 4.69) is 12.1 Å². The third-order valence-electron chi connectivity index (χ3n) is 3.88. The van der Waals surface area contributed by atoms with Crippen molar-refractivity contribution in [2.75, 3.05) is 13.7 Å². The van der Waals surface area contributed by atoms with Crippen LogP contribution in [0.2, 0.25) is 0 Å². The number of esters is 1. The fourth-order valence-corrected chi connectivity index (χ4v) is 2.84. The lowest BCUT2D eigenvalue weighted by Gasteiger charge is -2.28. The van der Waals surface area contributed by atoms with Gasteiger partial charge in [0.1, 0.15) is 5.75 Å². The first-order valence-corrected chi connectivity index (χ1v) is 7.05. The maximum atomic E-state index is 11.8. The first-order chi connectivity index (χ1) is 9.24. The Balaban J connectivity index is 2.01. The van der Waals surface area contributed by atoms with Crippen molar-refractivity contribution in [2.45, 2.75) is 38.5 Å². The minimum Gasteiger partial charge on any atom is -0.497 e. The molecular formula is C16H22O3. The lowest BCUT2D eigenvalue weighted by Crippen LogP contribution is -2.24. The minimum atomic E-state index is -0.0271. The van der Waals surface area contributed by atoms with Gasteiger partial charge in [0.2, 0.25) is 0 Å². The molecule has 1 fully saturated rings. The van der Waals surface area contributed by atoms with Gasteiger partial charge in [-0.3, -0.25) is 4.79 Å². The average molecular weight is 262 g/mol. The molecule has 0 spiro atoms. The second kappa shape index (κ2) is 6.60. The van der Waals surface area contributed by atoms with Crippen LogP contribution in [0.1, 0.15) is 44.1 Å². The van der Waals surface area contributed by atoms with Gasteiger partial charge in [0, 0.05) is 0 Å². The first-order valence-electron chi connectivity index (χ1n) is 7.05. The Labute approximate surface area is 114 Å². The van der Waals surface area contributed by atoms with Crippen LogP contribution in [-0.4, -0.2) is 19.7 Å². The van der Waals surface area contributed by atoms with Gasteiger partial charge in [0.05, 0.1) is 19.6 Å². The fraction of sp³-hybridized carbons (Fsp3) is 0.562. The standard InChI is InChI=1S/C16H22O3/c1-3-19-16(17)14-6-4-5-13(11-14)12-7-9-15(18-2)10-8-12/h7-10,13-14H,3-6,11H2,1-2H3. The van der Waals surface area contributed by atoms with Gasteiger partial charge in [0.15, 0.2) is 0 Å². The highest BCUT2D eigenvalue weighted by atomic mass is 16.5. The van der Waals surface area contributed by atoms with Crippen LogP contribution >= 0.6 is 0 Å². The molecule has 0 radical (unpaired) electrons. The van der Waals surface area contributed by atoms with Crippen LogP contribution in [0.5, 0.6) is 5.75 Å². The molecule has 1 aromatic rings. The van der Waals surface area contributed by atoms with Crippen molar-refractivity contribution in [1.82, 2.24) is 0 Å². The summed E-state index contributed by atoms with van der Waals surface area (Å²) in [6.07, 6.45) is 4.12. The van der Waals surface area contributed by atoms with Crippen molar-refractivity contribution in [3.8, 4) is 5.75 Å². The Hall–Kier alpha value is -1.51. The molecule has 3 heteroatoms. The summed E-state index contributed by atoms with van der Waals surface area (Å²) in [5.41, 5.74) is 1.30. The van der Waals surface area contributed by atoms with Crippen LogP contribution in [0, 0.1) is 5.92 Å². The van der Waals surface area contributed by atoms with Gasteiger partial charge in [-0.15, -0.1) is 0 Å². The van der Waals surface area contributed by atoms with Crippen molar-refractivity contribution >= 4 is 5.97 Å². The van der Waals surface area contributed by atoms with Crippen LogP contribution in [-0.2, 0) is 9.53 Å². The molecule has 2 atom stereocenters. The number of methoxy groups -OCH3 is 1. The predicted molar refractivity (Wildman–Crippen MR) is 74.3 cm³/mol. The van der Waals surface area contributed by atoms with E-state index in [0.717, 1.165) is 31.4 Å². The molecule has 0 saturated heterocycles. The number of rotatable bonds is 4. The number of carbonyl (C=O) groups is 1. The largest absolute Gasteiger partial charge is 0.497 e. The lowest BCUT2D eigenvalue weighted by atomic mass is 9.78. The molecule has 3 nitrogen and oxygen atoms in total. The van der Waals surface area contributed by atoms with E-state index in [0.29, 0.717) is 12.5 Å². The van der Waals surface area contributed by atoms with Gasteiger partial charge in [-0.25, -0.2) is 0 Å². The molecule has 0 aliphatic heterocycles. The van der Waals surface area contributed by atoms with E-state index in [9.17, 15) is 4.79 Å². The number of hydrogen-bond acceptors (Lipinski definition) is 3. The summed E-state index contributed by atoms with van der Waals surface area (Å²) < 4.78 is 10.3. The number of hydrogen-bond donors (Lipinski definition) is 0. The summed E-state index contributed by atoms with van der Waals surface area (Å²) in [5, 5.41) is 0. The monoisotopic (exact) mass is 262 g/mol. The number of ether oxygens (including phenoxy) is 2. The van der Waals surface area contributed by atoms with Crippen LogP contribution < -0.4 is 4.74 Å². The van der Waals surface area contributed by atoms with E-state index < -0.39 is 0 Å². The van der Waals surface area contributed by atoms with Crippen molar-refractivity contribution in [3.05, 3.63) is 29.8 Å². The maximum Gasteiger partial charge on any atom is 0.308 e. The molecule has 2 rings (SSSR count). The van der Waals surface area contributed by atoms with E-state index in [-0.39, 0.29) is 11.9 Å². The minimum absolute atomic E-state index is 0.0271. The van der Waals surface area contributed by atoms with Crippen LogP contribution in [0.25, 0.3) is 0 Å². The summed E-state index contributed by atoms with van der Waals surface area (Å²) in [7, 11) is 1.67. The Kier molecular flexibility index (Phi) is 4.83. The van der Waals surface area contributed by atoms with E-state index in [4.69, 9.17) is 9.47 Å². The summed E-state index contributed by atoms with van der Waals surface area (Å²) in [4.78, 5) is 11.8. The molecule has 1 aromatic carbocycles. The molecule has 1 aliphatic rings. The Morgan fingerprint density at radius 1 is 1.26 bits per heavy atom. The molecule has 19 heavy (non-hydrogen) atoms. The highest BCUT2D eigenvalue weighted by Gasteiger charge is 2.28. The summed E-state index contributed by atoms with van der Waals surface area (Å²) in [6, 6.07) is 8.20.